The molecule has 2 aliphatic heterocycles. The van der Waals surface area contributed by atoms with Gasteiger partial charge in [0.15, 0.2) is 0 Å². The Morgan fingerprint density at radius 1 is 1.00 bits per heavy atom. The molecule has 4 heteroatoms. The minimum atomic E-state index is -0.291. The maximum absolute atomic E-state index is 9.43. The number of morpholine rings is 1. The summed E-state index contributed by atoms with van der Waals surface area (Å²) in [7, 11) is 0. The predicted molar refractivity (Wildman–Crippen MR) is 55.4 cm³/mol. The summed E-state index contributed by atoms with van der Waals surface area (Å²) < 4.78 is 10.8. The molecule has 4 nitrogen and oxygen atoms in total. The van der Waals surface area contributed by atoms with Gasteiger partial charge in [0.1, 0.15) is 5.54 Å². The lowest BCUT2D eigenvalue weighted by atomic mass is 9.90. The van der Waals surface area contributed by atoms with Crippen LogP contribution >= 0.6 is 0 Å². The highest BCUT2D eigenvalue weighted by atomic mass is 16.5. The summed E-state index contributed by atoms with van der Waals surface area (Å²) in [5, 5.41) is 9.43. The lowest BCUT2D eigenvalue weighted by Gasteiger charge is -2.40. The van der Waals surface area contributed by atoms with E-state index < -0.39 is 0 Å². The zero-order chi connectivity index (χ0) is 10.6. The Bertz CT molecular complexity index is 235. The van der Waals surface area contributed by atoms with Crippen molar-refractivity contribution in [3.63, 3.8) is 0 Å². The van der Waals surface area contributed by atoms with Crippen LogP contribution in [0.25, 0.3) is 0 Å². The lowest BCUT2D eigenvalue weighted by Crippen LogP contribution is -2.52. The van der Waals surface area contributed by atoms with E-state index in [2.05, 4.69) is 11.0 Å². The monoisotopic (exact) mass is 210 g/mol. The fourth-order valence-corrected chi connectivity index (χ4v) is 2.42. The van der Waals surface area contributed by atoms with Crippen molar-refractivity contribution in [3.05, 3.63) is 0 Å². The molecule has 1 unspecified atom stereocenters. The third-order valence-electron chi connectivity index (χ3n) is 3.36. The Morgan fingerprint density at radius 2 is 1.73 bits per heavy atom. The van der Waals surface area contributed by atoms with Gasteiger partial charge in [-0.05, 0) is 12.8 Å². The Kier molecular flexibility index (Phi) is 3.57. The highest BCUT2D eigenvalue weighted by Crippen LogP contribution is 2.28. The molecule has 2 rings (SSSR count). The summed E-state index contributed by atoms with van der Waals surface area (Å²) in [6.07, 6.45) is 2.76. The number of nitrogens with zero attached hydrogens (tertiary/aromatic N) is 2. The molecule has 0 aliphatic carbocycles. The van der Waals surface area contributed by atoms with E-state index in [1.165, 1.54) is 0 Å². The molecule has 84 valence electrons. The van der Waals surface area contributed by atoms with Crippen LogP contribution in [-0.2, 0) is 9.47 Å². The van der Waals surface area contributed by atoms with E-state index in [-0.39, 0.29) is 5.54 Å². The van der Waals surface area contributed by atoms with Crippen molar-refractivity contribution < 1.29 is 9.47 Å². The molecule has 0 radical (unpaired) electrons. The molecule has 0 bridgehead atoms. The van der Waals surface area contributed by atoms with Gasteiger partial charge in [0, 0.05) is 32.7 Å². The van der Waals surface area contributed by atoms with Crippen molar-refractivity contribution in [2.24, 2.45) is 0 Å². The highest BCUT2D eigenvalue weighted by molar-refractivity contribution is 5.09. The maximum Gasteiger partial charge on any atom is 0.111 e. The molecule has 2 heterocycles. The molecule has 0 aromatic heterocycles. The zero-order valence-electron chi connectivity index (χ0n) is 9.07. The Hall–Kier alpha value is -0.630. The third-order valence-corrected chi connectivity index (χ3v) is 3.36. The first-order valence-electron chi connectivity index (χ1n) is 5.69. The molecule has 0 aromatic carbocycles. The Labute approximate surface area is 90.8 Å². The molecule has 1 atom stereocenters. The van der Waals surface area contributed by atoms with E-state index in [1.807, 2.05) is 0 Å². The largest absolute Gasteiger partial charge is 0.381 e. The van der Waals surface area contributed by atoms with E-state index >= 15 is 0 Å². The maximum atomic E-state index is 9.43. The van der Waals surface area contributed by atoms with Crippen LogP contribution in [-0.4, -0.2) is 50.0 Å². The Morgan fingerprint density at radius 3 is 2.47 bits per heavy atom. The fourth-order valence-electron chi connectivity index (χ4n) is 2.42. The summed E-state index contributed by atoms with van der Waals surface area (Å²) in [5.74, 6) is 0. The van der Waals surface area contributed by atoms with Crippen LogP contribution in [0.2, 0.25) is 0 Å². The van der Waals surface area contributed by atoms with Crippen molar-refractivity contribution in [1.29, 1.82) is 5.26 Å². The van der Waals surface area contributed by atoms with Gasteiger partial charge in [0.05, 0.1) is 19.3 Å². The van der Waals surface area contributed by atoms with E-state index in [9.17, 15) is 5.26 Å². The Balaban J connectivity index is 2.07. The molecule has 15 heavy (non-hydrogen) atoms. The number of ether oxygens (including phenoxy) is 2. The average Bonchev–Trinajstić information content (AvgIpc) is 2.56. The van der Waals surface area contributed by atoms with Gasteiger partial charge < -0.3 is 9.47 Å². The molecule has 2 aliphatic rings. The summed E-state index contributed by atoms with van der Waals surface area (Å²) in [5.41, 5.74) is -0.291. The second-order valence-corrected chi connectivity index (χ2v) is 4.21. The molecule has 0 N–H and O–H groups in total. The first kappa shape index (κ1) is 10.9. The van der Waals surface area contributed by atoms with E-state index in [0.717, 1.165) is 52.2 Å². The normalized spacial score (nSPS) is 34.3. The molecular weight excluding hydrogens is 192 g/mol. The zero-order valence-corrected chi connectivity index (χ0v) is 9.07. The third kappa shape index (κ3) is 2.31. The first-order chi connectivity index (χ1) is 7.37. The molecule has 2 saturated heterocycles. The van der Waals surface area contributed by atoms with Crippen LogP contribution in [0.4, 0.5) is 0 Å². The van der Waals surface area contributed by atoms with Gasteiger partial charge in [0.25, 0.3) is 0 Å². The topological polar surface area (TPSA) is 45.5 Å². The van der Waals surface area contributed by atoms with Gasteiger partial charge in [-0.3, -0.25) is 4.90 Å². The summed E-state index contributed by atoms with van der Waals surface area (Å²) in [6, 6.07) is 2.52. The van der Waals surface area contributed by atoms with Crippen molar-refractivity contribution in [1.82, 2.24) is 4.90 Å². The van der Waals surface area contributed by atoms with Crippen LogP contribution in [0, 0.1) is 11.3 Å². The van der Waals surface area contributed by atoms with Crippen molar-refractivity contribution in [3.8, 4) is 6.07 Å². The number of hydrogen-bond donors (Lipinski definition) is 0. The predicted octanol–water partition coefficient (Wildman–Crippen LogP) is 0.781. The molecule has 0 saturated carbocycles. The van der Waals surface area contributed by atoms with Crippen molar-refractivity contribution >= 4 is 0 Å². The second kappa shape index (κ2) is 4.93. The van der Waals surface area contributed by atoms with Gasteiger partial charge >= 0.3 is 0 Å². The molecule has 0 aromatic rings. The van der Waals surface area contributed by atoms with Gasteiger partial charge in [-0.1, -0.05) is 0 Å². The van der Waals surface area contributed by atoms with Gasteiger partial charge in [-0.15, -0.1) is 0 Å². The van der Waals surface area contributed by atoms with Crippen LogP contribution < -0.4 is 0 Å². The van der Waals surface area contributed by atoms with Crippen LogP contribution in [0.15, 0.2) is 0 Å². The van der Waals surface area contributed by atoms with Crippen molar-refractivity contribution in [2.75, 3.05) is 39.5 Å². The van der Waals surface area contributed by atoms with Crippen LogP contribution in [0.1, 0.15) is 19.3 Å². The average molecular weight is 210 g/mol. The number of nitriles is 1. The summed E-state index contributed by atoms with van der Waals surface area (Å²) >= 11 is 0. The number of rotatable bonds is 1. The van der Waals surface area contributed by atoms with Crippen LogP contribution in [0.5, 0.6) is 0 Å². The first-order valence-corrected chi connectivity index (χ1v) is 5.69. The van der Waals surface area contributed by atoms with E-state index in [0.29, 0.717) is 6.61 Å². The summed E-state index contributed by atoms with van der Waals surface area (Å²) in [6.45, 7) is 4.79. The van der Waals surface area contributed by atoms with Gasteiger partial charge in [-0.2, -0.15) is 5.26 Å². The second-order valence-electron chi connectivity index (χ2n) is 4.21. The quantitative estimate of drug-likeness (QED) is 0.641. The van der Waals surface area contributed by atoms with Crippen LogP contribution in [0.3, 0.4) is 0 Å². The van der Waals surface area contributed by atoms with Crippen molar-refractivity contribution in [2.45, 2.75) is 24.8 Å². The van der Waals surface area contributed by atoms with E-state index in [4.69, 9.17) is 9.47 Å². The minimum absolute atomic E-state index is 0.291. The molecule has 2 fully saturated rings. The molecular formula is C11H18N2O2. The summed E-state index contributed by atoms with van der Waals surface area (Å²) in [4.78, 5) is 2.28. The van der Waals surface area contributed by atoms with Gasteiger partial charge in [0.2, 0.25) is 0 Å². The highest BCUT2D eigenvalue weighted by Gasteiger charge is 2.38. The molecule has 0 amide bonds. The number of hydrogen-bond acceptors (Lipinski definition) is 4. The van der Waals surface area contributed by atoms with E-state index in [1.54, 1.807) is 0 Å². The standard InChI is InChI=1S/C11H18N2O2/c12-10-11(2-1-6-14-7-3-11)13-4-8-15-9-5-13/h1-9H2. The van der Waals surface area contributed by atoms with Gasteiger partial charge in [-0.25, -0.2) is 0 Å². The SMILES string of the molecule is N#CC1(N2CCOCC2)CCCOCC1. The molecule has 0 spiro atoms. The fraction of sp³-hybridized carbons (Fsp3) is 0.909. The lowest BCUT2D eigenvalue weighted by molar-refractivity contribution is -0.00969. The smallest absolute Gasteiger partial charge is 0.111 e. The minimum Gasteiger partial charge on any atom is -0.381 e.